The molecule has 0 aliphatic carbocycles. The SMILES string of the molecule is Cc1cccc(OCC[N+]2(C)CCN(C)CC2)c1.[I-]. The second-order valence-corrected chi connectivity index (χ2v) is 5.76. The van der Waals surface area contributed by atoms with Gasteiger partial charge in [-0.1, -0.05) is 12.1 Å². The van der Waals surface area contributed by atoms with Crippen LogP contribution in [0.2, 0.25) is 0 Å². The Morgan fingerprint density at radius 2 is 1.95 bits per heavy atom. The summed E-state index contributed by atoms with van der Waals surface area (Å²) in [5.41, 5.74) is 1.26. The molecule has 2 rings (SSSR count). The van der Waals surface area contributed by atoms with Gasteiger partial charge in [0.2, 0.25) is 0 Å². The van der Waals surface area contributed by atoms with E-state index in [0.717, 1.165) is 23.4 Å². The Morgan fingerprint density at radius 1 is 1.26 bits per heavy atom. The predicted molar refractivity (Wildman–Crippen MR) is 75.0 cm³/mol. The largest absolute Gasteiger partial charge is 1.00 e. The van der Waals surface area contributed by atoms with Gasteiger partial charge in [-0.3, -0.25) is 4.90 Å². The maximum Gasteiger partial charge on any atom is 0.137 e. The minimum absolute atomic E-state index is 0. The van der Waals surface area contributed by atoms with Gasteiger partial charge in [0, 0.05) is 13.1 Å². The van der Waals surface area contributed by atoms with Gasteiger partial charge in [-0.05, 0) is 31.7 Å². The number of ether oxygens (including phenoxy) is 1. The number of hydrogen-bond donors (Lipinski definition) is 0. The molecule has 0 radical (unpaired) electrons. The third kappa shape index (κ3) is 5.28. The van der Waals surface area contributed by atoms with E-state index in [1.165, 1.54) is 31.7 Å². The topological polar surface area (TPSA) is 12.5 Å². The molecule has 3 nitrogen and oxygen atoms in total. The summed E-state index contributed by atoms with van der Waals surface area (Å²) in [6.07, 6.45) is 0. The van der Waals surface area contributed by atoms with E-state index in [1.807, 2.05) is 6.07 Å². The summed E-state index contributed by atoms with van der Waals surface area (Å²) in [5.74, 6) is 0.996. The number of aryl methyl sites for hydroxylation is 1. The molecule has 1 heterocycles. The molecule has 0 N–H and O–H groups in total. The first-order valence-electron chi connectivity index (χ1n) is 6.79. The molecule has 1 aromatic carbocycles. The molecule has 0 atom stereocenters. The van der Waals surface area contributed by atoms with Crippen molar-refractivity contribution in [2.24, 2.45) is 0 Å². The first-order chi connectivity index (χ1) is 8.57. The Bertz CT molecular complexity index is 389. The highest BCUT2D eigenvalue weighted by Gasteiger charge is 2.26. The van der Waals surface area contributed by atoms with Crippen LogP contribution in [0.5, 0.6) is 5.75 Å². The van der Waals surface area contributed by atoms with Gasteiger partial charge in [0.05, 0.1) is 20.1 Å². The maximum absolute atomic E-state index is 5.85. The predicted octanol–water partition coefficient (Wildman–Crippen LogP) is -1.23. The molecule has 1 saturated heterocycles. The van der Waals surface area contributed by atoms with E-state index in [4.69, 9.17) is 4.74 Å². The molecule has 0 bridgehead atoms. The van der Waals surface area contributed by atoms with E-state index >= 15 is 0 Å². The van der Waals surface area contributed by atoms with Gasteiger partial charge >= 0.3 is 0 Å². The Hall–Kier alpha value is -0.330. The monoisotopic (exact) mass is 376 g/mol. The quantitative estimate of drug-likeness (QED) is 0.482. The summed E-state index contributed by atoms with van der Waals surface area (Å²) < 4.78 is 6.99. The number of hydrogen-bond acceptors (Lipinski definition) is 2. The van der Waals surface area contributed by atoms with E-state index in [-0.39, 0.29) is 24.0 Å². The van der Waals surface area contributed by atoms with Crippen molar-refractivity contribution in [1.82, 2.24) is 4.90 Å². The van der Waals surface area contributed by atoms with Crippen molar-refractivity contribution in [3.8, 4) is 5.75 Å². The van der Waals surface area contributed by atoms with Gasteiger partial charge in [0.25, 0.3) is 0 Å². The van der Waals surface area contributed by atoms with Crippen LogP contribution in [0.3, 0.4) is 0 Å². The van der Waals surface area contributed by atoms with Crippen molar-refractivity contribution < 1.29 is 33.2 Å². The van der Waals surface area contributed by atoms with Gasteiger partial charge in [0.15, 0.2) is 0 Å². The molecule has 0 unspecified atom stereocenters. The number of quaternary nitrogens is 1. The van der Waals surface area contributed by atoms with Gasteiger partial charge in [-0.15, -0.1) is 0 Å². The van der Waals surface area contributed by atoms with Crippen molar-refractivity contribution >= 4 is 0 Å². The van der Waals surface area contributed by atoms with Crippen LogP contribution < -0.4 is 28.7 Å². The highest BCUT2D eigenvalue weighted by atomic mass is 127. The summed E-state index contributed by atoms with van der Waals surface area (Å²) in [6, 6.07) is 8.29. The van der Waals surface area contributed by atoms with Crippen molar-refractivity contribution in [1.29, 1.82) is 0 Å². The standard InChI is InChI=1S/C15H25N2O.HI/c1-14-5-4-6-15(13-14)18-12-11-17(3)9-7-16(2)8-10-17;/h4-6,13H,7-12H2,1-3H3;1H/q+1;/p-1. The van der Waals surface area contributed by atoms with Gasteiger partial charge in [0.1, 0.15) is 18.9 Å². The van der Waals surface area contributed by atoms with Crippen LogP contribution >= 0.6 is 0 Å². The molecule has 1 aliphatic heterocycles. The Morgan fingerprint density at radius 3 is 2.58 bits per heavy atom. The van der Waals surface area contributed by atoms with Crippen LogP contribution in [0, 0.1) is 6.92 Å². The zero-order valence-corrected chi connectivity index (χ0v) is 14.4. The summed E-state index contributed by atoms with van der Waals surface area (Å²) in [6.45, 7) is 8.86. The summed E-state index contributed by atoms with van der Waals surface area (Å²) in [5, 5.41) is 0. The zero-order valence-electron chi connectivity index (χ0n) is 12.2. The molecule has 0 amide bonds. The van der Waals surface area contributed by atoms with E-state index in [9.17, 15) is 0 Å². The van der Waals surface area contributed by atoms with Crippen LogP contribution in [0.15, 0.2) is 24.3 Å². The lowest BCUT2D eigenvalue weighted by atomic mass is 10.2. The molecule has 1 aliphatic rings. The lowest BCUT2D eigenvalue weighted by Crippen LogP contribution is -3.00. The molecule has 0 saturated carbocycles. The molecule has 1 aromatic rings. The molecule has 4 heteroatoms. The minimum atomic E-state index is 0. The molecule has 1 fully saturated rings. The lowest BCUT2D eigenvalue weighted by molar-refractivity contribution is -0.913. The highest BCUT2D eigenvalue weighted by molar-refractivity contribution is 5.27. The van der Waals surface area contributed by atoms with E-state index < -0.39 is 0 Å². The van der Waals surface area contributed by atoms with Gasteiger partial charge < -0.3 is 33.2 Å². The first kappa shape index (κ1) is 16.7. The fourth-order valence-electron chi connectivity index (χ4n) is 2.36. The van der Waals surface area contributed by atoms with E-state index in [0.29, 0.717) is 0 Å². The number of nitrogens with zero attached hydrogens (tertiary/aromatic N) is 2. The van der Waals surface area contributed by atoms with Crippen LogP contribution in [0.25, 0.3) is 0 Å². The number of halogens is 1. The molecule has 19 heavy (non-hydrogen) atoms. The summed E-state index contributed by atoms with van der Waals surface area (Å²) >= 11 is 0. The van der Waals surface area contributed by atoms with Crippen molar-refractivity contribution in [3.63, 3.8) is 0 Å². The molecule has 0 aromatic heterocycles. The number of benzene rings is 1. The second-order valence-electron chi connectivity index (χ2n) is 5.76. The van der Waals surface area contributed by atoms with Crippen LogP contribution in [-0.2, 0) is 0 Å². The lowest BCUT2D eigenvalue weighted by Gasteiger charge is -2.40. The first-order valence-corrected chi connectivity index (χ1v) is 6.79. The van der Waals surface area contributed by atoms with Crippen LogP contribution in [0.1, 0.15) is 5.56 Å². The summed E-state index contributed by atoms with van der Waals surface area (Å²) in [4.78, 5) is 2.40. The van der Waals surface area contributed by atoms with Gasteiger partial charge in [-0.2, -0.15) is 0 Å². The average molecular weight is 376 g/mol. The van der Waals surface area contributed by atoms with Crippen molar-refractivity contribution in [3.05, 3.63) is 29.8 Å². The Balaban J connectivity index is 0.00000180. The molecular weight excluding hydrogens is 351 g/mol. The molecule has 0 spiro atoms. The fraction of sp³-hybridized carbons (Fsp3) is 0.600. The Kier molecular flexibility index (Phi) is 6.56. The van der Waals surface area contributed by atoms with E-state index in [2.05, 4.69) is 44.1 Å². The average Bonchev–Trinajstić information content (AvgIpc) is 2.34. The normalized spacial score (nSPS) is 18.7. The third-order valence-corrected chi connectivity index (χ3v) is 3.93. The second kappa shape index (κ2) is 7.45. The number of piperazine rings is 1. The van der Waals surface area contributed by atoms with Crippen molar-refractivity contribution in [2.75, 3.05) is 53.4 Å². The maximum atomic E-state index is 5.85. The fourth-order valence-corrected chi connectivity index (χ4v) is 2.36. The Labute approximate surface area is 134 Å². The van der Waals surface area contributed by atoms with Crippen LogP contribution in [0.4, 0.5) is 0 Å². The van der Waals surface area contributed by atoms with Crippen LogP contribution in [-0.4, -0.2) is 62.8 Å². The number of likely N-dealkylation sites (N-methyl/N-ethyl adjacent to an activating group) is 2. The minimum Gasteiger partial charge on any atom is -1.00 e. The highest BCUT2D eigenvalue weighted by Crippen LogP contribution is 2.13. The smallest absolute Gasteiger partial charge is 0.137 e. The van der Waals surface area contributed by atoms with Crippen molar-refractivity contribution in [2.45, 2.75) is 6.92 Å². The third-order valence-electron chi connectivity index (χ3n) is 3.93. The summed E-state index contributed by atoms with van der Waals surface area (Å²) in [7, 11) is 4.54. The van der Waals surface area contributed by atoms with Gasteiger partial charge in [-0.25, -0.2) is 0 Å². The number of rotatable bonds is 4. The molecule has 108 valence electrons. The zero-order chi connectivity index (χ0) is 13.0. The molecular formula is C15H25IN2O. The van der Waals surface area contributed by atoms with E-state index in [1.54, 1.807) is 0 Å².